The first-order valence-corrected chi connectivity index (χ1v) is 8.76. The number of hydroxylamine groups is 1. The minimum atomic E-state index is -1.13. The summed E-state index contributed by atoms with van der Waals surface area (Å²) in [7, 11) is 0. The van der Waals surface area contributed by atoms with E-state index in [1.54, 1.807) is 10.4 Å². The smallest absolute Gasteiger partial charge is 0.266 e. The SMILES string of the molecule is N[C@@]1(c2ccc(-c3ccccc3)cc2)CC2CC[C@H](C(=O)NO)N2C1=O. The zero-order chi connectivity index (χ0) is 18.3. The van der Waals surface area contributed by atoms with Crippen molar-refractivity contribution in [1.29, 1.82) is 0 Å². The first-order valence-electron chi connectivity index (χ1n) is 8.76. The molecule has 2 aromatic rings. The topological polar surface area (TPSA) is 95.7 Å². The summed E-state index contributed by atoms with van der Waals surface area (Å²) < 4.78 is 0. The van der Waals surface area contributed by atoms with E-state index in [4.69, 9.17) is 10.9 Å². The highest BCUT2D eigenvalue weighted by Gasteiger charge is 2.56. The van der Waals surface area contributed by atoms with Gasteiger partial charge in [-0.15, -0.1) is 0 Å². The molecule has 26 heavy (non-hydrogen) atoms. The Bertz CT molecular complexity index is 837. The van der Waals surface area contributed by atoms with Crippen molar-refractivity contribution in [3.8, 4) is 11.1 Å². The van der Waals surface area contributed by atoms with Crippen molar-refractivity contribution < 1.29 is 14.8 Å². The maximum absolute atomic E-state index is 13.0. The molecule has 2 amide bonds. The van der Waals surface area contributed by atoms with E-state index in [0.29, 0.717) is 19.3 Å². The number of hydrogen-bond donors (Lipinski definition) is 3. The molecular formula is C20H21N3O3. The van der Waals surface area contributed by atoms with Crippen LogP contribution in [0.15, 0.2) is 54.6 Å². The average molecular weight is 351 g/mol. The van der Waals surface area contributed by atoms with Gasteiger partial charge in [0, 0.05) is 6.04 Å². The summed E-state index contributed by atoms with van der Waals surface area (Å²) >= 11 is 0. The molecule has 1 unspecified atom stereocenters. The van der Waals surface area contributed by atoms with Gasteiger partial charge in [-0.25, -0.2) is 5.48 Å². The van der Waals surface area contributed by atoms with Crippen LogP contribution >= 0.6 is 0 Å². The van der Waals surface area contributed by atoms with Gasteiger partial charge in [0.2, 0.25) is 5.91 Å². The number of carbonyl (C=O) groups is 2. The van der Waals surface area contributed by atoms with Crippen LogP contribution in [0.1, 0.15) is 24.8 Å². The fourth-order valence-corrected chi connectivity index (χ4v) is 4.24. The van der Waals surface area contributed by atoms with Gasteiger partial charge in [-0.2, -0.15) is 0 Å². The molecule has 2 saturated heterocycles. The van der Waals surface area contributed by atoms with Gasteiger partial charge in [0.1, 0.15) is 11.6 Å². The molecule has 0 aliphatic carbocycles. The van der Waals surface area contributed by atoms with Crippen molar-refractivity contribution in [2.24, 2.45) is 5.73 Å². The van der Waals surface area contributed by atoms with E-state index in [9.17, 15) is 9.59 Å². The highest BCUT2D eigenvalue weighted by atomic mass is 16.5. The lowest BCUT2D eigenvalue weighted by Gasteiger charge is -2.26. The van der Waals surface area contributed by atoms with Gasteiger partial charge in [-0.05, 0) is 36.0 Å². The summed E-state index contributed by atoms with van der Waals surface area (Å²) in [6.07, 6.45) is 1.74. The van der Waals surface area contributed by atoms with Crippen LogP contribution < -0.4 is 11.2 Å². The van der Waals surface area contributed by atoms with Crippen molar-refractivity contribution in [2.45, 2.75) is 36.9 Å². The first kappa shape index (κ1) is 16.8. The summed E-state index contributed by atoms with van der Waals surface area (Å²) in [4.78, 5) is 26.4. The molecule has 2 aliphatic rings. The second-order valence-electron chi connectivity index (χ2n) is 7.05. The number of nitrogens with one attached hydrogen (secondary N) is 1. The lowest BCUT2D eigenvalue weighted by Crippen LogP contribution is -2.50. The van der Waals surface area contributed by atoms with Crippen LogP contribution in [0.3, 0.4) is 0 Å². The van der Waals surface area contributed by atoms with Gasteiger partial charge in [0.05, 0.1) is 0 Å². The highest BCUT2D eigenvalue weighted by Crippen LogP contribution is 2.42. The predicted octanol–water partition coefficient (Wildman–Crippen LogP) is 1.78. The molecule has 0 radical (unpaired) electrons. The molecule has 2 fully saturated rings. The number of amides is 2. The number of rotatable bonds is 3. The Morgan fingerprint density at radius 2 is 1.73 bits per heavy atom. The van der Waals surface area contributed by atoms with Crippen LogP contribution in [0.4, 0.5) is 0 Å². The van der Waals surface area contributed by atoms with E-state index >= 15 is 0 Å². The Balaban J connectivity index is 1.62. The summed E-state index contributed by atoms with van der Waals surface area (Å²) in [6.45, 7) is 0. The Kier molecular flexibility index (Phi) is 4.01. The molecule has 0 saturated carbocycles. The molecule has 0 spiro atoms. The Hall–Kier alpha value is -2.70. The van der Waals surface area contributed by atoms with Crippen molar-refractivity contribution in [3.63, 3.8) is 0 Å². The van der Waals surface area contributed by atoms with Gasteiger partial charge in [-0.1, -0.05) is 54.6 Å². The van der Waals surface area contributed by atoms with Gasteiger partial charge in [0.15, 0.2) is 0 Å². The molecule has 2 heterocycles. The average Bonchev–Trinajstić information content (AvgIpc) is 3.20. The molecule has 2 aromatic carbocycles. The van der Waals surface area contributed by atoms with Gasteiger partial charge < -0.3 is 10.6 Å². The molecule has 0 aromatic heterocycles. The Labute approximate surface area is 151 Å². The molecule has 134 valence electrons. The molecule has 6 heteroatoms. The summed E-state index contributed by atoms with van der Waals surface area (Å²) in [5.41, 5.74) is 9.96. The van der Waals surface area contributed by atoms with Gasteiger partial charge >= 0.3 is 0 Å². The van der Waals surface area contributed by atoms with E-state index in [-0.39, 0.29) is 11.9 Å². The molecule has 2 aliphatic heterocycles. The van der Waals surface area contributed by atoms with Crippen LogP contribution in [-0.4, -0.2) is 34.0 Å². The molecule has 4 rings (SSSR count). The van der Waals surface area contributed by atoms with E-state index in [2.05, 4.69) is 0 Å². The van der Waals surface area contributed by atoms with Crippen molar-refractivity contribution in [1.82, 2.24) is 10.4 Å². The molecule has 3 atom stereocenters. The third-order valence-corrected chi connectivity index (χ3v) is 5.60. The Morgan fingerprint density at radius 3 is 2.38 bits per heavy atom. The van der Waals surface area contributed by atoms with Gasteiger partial charge in [0.25, 0.3) is 5.91 Å². The predicted molar refractivity (Wildman–Crippen MR) is 95.9 cm³/mol. The zero-order valence-corrected chi connectivity index (χ0v) is 14.3. The number of nitrogens with two attached hydrogens (primary N) is 1. The maximum atomic E-state index is 13.0. The fraction of sp³-hybridized carbons (Fsp3) is 0.300. The quantitative estimate of drug-likeness (QED) is 0.580. The van der Waals surface area contributed by atoms with Crippen molar-refractivity contribution >= 4 is 11.8 Å². The van der Waals surface area contributed by atoms with Crippen LogP contribution in [-0.2, 0) is 15.1 Å². The zero-order valence-electron chi connectivity index (χ0n) is 14.3. The number of benzene rings is 2. The number of carbonyl (C=O) groups excluding carboxylic acids is 2. The standard InChI is InChI=1S/C20H21N3O3/c21-20(12-16-10-11-17(18(24)22-26)23(16)19(20)25)15-8-6-14(7-9-15)13-4-2-1-3-5-13/h1-9,16-17,26H,10-12,21H2,(H,22,24)/t16?,17-,20-/m1/s1. The lowest BCUT2D eigenvalue weighted by molar-refractivity contribution is -0.143. The van der Waals surface area contributed by atoms with E-state index in [1.165, 1.54) is 0 Å². The van der Waals surface area contributed by atoms with Crippen molar-refractivity contribution in [3.05, 3.63) is 60.2 Å². The van der Waals surface area contributed by atoms with Crippen LogP contribution in [0.25, 0.3) is 11.1 Å². The second-order valence-corrected chi connectivity index (χ2v) is 7.05. The van der Waals surface area contributed by atoms with Crippen molar-refractivity contribution in [2.75, 3.05) is 0 Å². The maximum Gasteiger partial charge on any atom is 0.266 e. The highest BCUT2D eigenvalue weighted by molar-refractivity contribution is 5.95. The third-order valence-electron chi connectivity index (χ3n) is 5.60. The molecule has 4 N–H and O–H groups in total. The van der Waals surface area contributed by atoms with E-state index in [0.717, 1.165) is 16.7 Å². The monoisotopic (exact) mass is 351 g/mol. The van der Waals surface area contributed by atoms with Crippen LogP contribution in [0, 0.1) is 0 Å². The number of nitrogens with zero attached hydrogens (tertiary/aromatic N) is 1. The minimum Gasteiger partial charge on any atom is -0.326 e. The second kappa shape index (κ2) is 6.23. The first-order chi connectivity index (χ1) is 12.5. The summed E-state index contributed by atoms with van der Waals surface area (Å²) in [5.74, 6) is -0.800. The largest absolute Gasteiger partial charge is 0.326 e. The van der Waals surface area contributed by atoms with Gasteiger partial charge in [-0.3, -0.25) is 14.8 Å². The molecular weight excluding hydrogens is 330 g/mol. The minimum absolute atomic E-state index is 0.0661. The van der Waals surface area contributed by atoms with Crippen LogP contribution in [0.2, 0.25) is 0 Å². The summed E-state index contributed by atoms with van der Waals surface area (Å²) in [6, 6.07) is 17.0. The molecule has 0 bridgehead atoms. The Morgan fingerprint density at radius 1 is 1.08 bits per heavy atom. The van der Waals surface area contributed by atoms with E-state index < -0.39 is 17.5 Å². The lowest BCUT2D eigenvalue weighted by atomic mass is 9.86. The number of fused-ring (bicyclic) bond motifs is 1. The number of hydrogen-bond acceptors (Lipinski definition) is 4. The summed E-state index contributed by atoms with van der Waals surface area (Å²) in [5, 5.41) is 8.92. The van der Waals surface area contributed by atoms with E-state index in [1.807, 2.05) is 54.6 Å². The molecule has 6 nitrogen and oxygen atoms in total. The third kappa shape index (κ3) is 2.50. The fourth-order valence-electron chi connectivity index (χ4n) is 4.24. The van der Waals surface area contributed by atoms with Crippen LogP contribution in [0.5, 0.6) is 0 Å². The normalized spacial score (nSPS) is 27.5.